The van der Waals surface area contributed by atoms with Crippen LogP contribution in [0.4, 0.5) is 0 Å². The number of hydrogen-bond donors (Lipinski definition) is 1. The lowest BCUT2D eigenvalue weighted by Gasteiger charge is -2.36. The predicted octanol–water partition coefficient (Wildman–Crippen LogP) is 4.49. The largest absolute Gasteiger partial charge is 0.497 e. The Labute approximate surface area is 135 Å². The van der Waals surface area contributed by atoms with E-state index in [9.17, 15) is 0 Å². The van der Waals surface area contributed by atoms with Gasteiger partial charge in [0.25, 0.3) is 0 Å². The van der Waals surface area contributed by atoms with Crippen molar-refractivity contribution in [2.45, 2.75) is 31.2 Å². The van der Waals surface area contributed by atoms with Gasteiger partial charge < -0.3 is 10.1 Å². The molecule has 2 aromatic rings. The van der Waals surface area contributed by atoms with Crippen molar-refractivity contribution in [1.82, 2.24) is 5.32 Å². The van der Waals surface area contributed by atoms with Crippen LogP contribution in [0.15, 0.2) is 36.4 Å². The molecule has 0 radical (unpaired) electrons. The molecule has 2 nitrogen and oxygen atoms in total. The summed E-state index contributed by atoms with van der Waals surface area (Å²) >= 11 is 7.62. The van der Waals surface area contributed by atoms with Crippen LogP contribution < -0.4 is 10.1 Å². The Hall–Kier alpha value is -1.03. The van der Waals surface area contributed by atoms with Gasteiger partial charge in [-0.1, -0.05) is 23.7 Å². The monoisotopic (exact) mass is 321 g/mol. The summed E-state index contributed by atoms with van der Waals surface area (Å²) < 4.78 is 6.08. The van der Waals surface area contributed by atoms with Crippen LogP contribution >= 0.6 is 22.9 Å². The highest BCUT2D eigenvalue weighted by atomic mass is 35.5. The van der Waals surface area contributed by atoms with Crippen LogP contribution in [-0.2, 0) is 6.42 Å². The summed E-state index contributed by atoms with van der Waals surface area (Å²) in [6.07, 6.45) is 3.54. The molecule has 1 aromatic heterocycles. The average Bonchev–Trinajstić information content (AvgIpc) is 2.87. The molecule has 4 heteroatoms. The zero-order chi connectivity index (χ0) is 14.7. The molecule has 1 aliphatic rings. The van der Waals surface area contributed by atoms with Crippen LogP contribution in [0.1, 0.15) is 29.2 Å². The highest BCUT2D eigenvalue weighted by Crippen LogP contribution is 2.37. The number of rotatable bonds is 6. The van der Waals surface area contributed by atoms with Gasteiger partial charge in [0.1, 0.15) is 5.75 Å². The topological polar surface area (TPSA) is 21.3 Å². The first-order valence-corrected chi connectivity index (χ1v) is 8.55. The van der Waals surface area contributed by atoms with Gasteiger partial charge in [0.15, 0.2) is 0 Å². The maximum atomic E-state index is 5.94. The second-order valence-electron chi connectivity index (χ2n) is 5.55. The van der Waals surface area contributed by atoms with Crippen molar-refractivity contribution in [3.8, 4) is 5.75 Å². The molecule has 1 saturated carbocycles. The first-order chi connectivity index (χ1) is 10.2. The van der Waals surface area contributed by atoms with Gasteiger partial charge in [-0.15, -0.1) is 11.3 Å². The lowest BCUT2D eigenvalue weighted by molar-refractivity contribution is 0.293. The van der Waals surface area contributed by atoms with Gasteiger partial charge >= 0.3 is 0 Å². The third-order valence-electron chi connectivity index (χ3n) is 4.16. The van der Waals surface area contributed by atoms with Gasteiger partial charge in [0, 0.05) is 17.5 Å². The molecule has 0 amide bonds. The fraction of sp³-hybridized carbons (Fsp3) is 0.412. The van der Waals surface area contributed by atoms with Crippen molar-refractivity contribution in [3.05, 3.63) is 51.2 Å². The van der Waals surface area contributed by atoms with Crippen LogP contribution in [0.5, 0.6) is 5.75 Å². The molecular formula is C17H20ClNOS. The van der Waals surface area contributed by atoms with Gasteiger partial charge in [-0.3, -0.25) is 0 Å². The lowest BCUT2D eigenvalue weighted by atomic mass is 9.76. The normalized spacial score (nSPS) is 21.0. The van der Waals surface area contributed by atoms with E-state index in [2.05, 4.69) is 35.6 Å². The molecule has 0 aliphatic heterocycles. The molecule has 0 saturated heterocycles. The minimum atomic E-state index is 0.660. The van der Waals surface area contributed by atoms with Crippen molar-refractivity contribution < 1.29 is 4.74 Å². The number of methoxy groups -OCH3 is 1. The van der Waals surface area contributed by atoms with E-state index in [1.54, 1.807) is 18.4 Å². The summed E-state index contributed by atoms with van der Waals surface area (Å²) in [6.45, 7) is 1.04. The number of halogens is 1. The molecule has 112 valence electrons. The smallest absolute Gasteiger partial charge is 0.118 e. The second kappa shape index (κ2) is 6.82. The van der Waals surface area contributed by atoms with Gasteiger partial charge in [-0.25, -0.2) is 0 Å². The quantitative estimate of drug-likeness (QED) is 0.846. The molecule has 1 fully saturated rings. The molecule has 3 rings (SSSR count). The molecule has 21 heavy (non-hydrogen) atoms. The first kappa shape index (κ1) is 14.9. The Balaban J connectivity index is 1.39. The molecule has 0 bridgehead atoms. The Morgan fingerprint density at radius 2 is 1.95 bits per heavy atom. The third-order valence-corrected chi connectivity index (χ3v) is 5.45. The zero-order valence-corrected chi connectivity index (χ0v) is 13.7. The molecule has 0 atom stereocenters. The van der Waals surface area contributed by atoms with E-state index < -0.39 is 0 Å². The van der Waals surface area contributed by atoms with Crippen LogP contribution in [0, 0.1) is 0 Å². The minimum absolute atomic E-state index is 0.660. The van der Waals surface area contributed by atoms with Gasteiger partial charge in [-0.2, -0.15) is 0 Å². The first-order valence-electron chi connectivity index (χ1n) is 7.36. The van der Waals surface area contributed by atoms with E-state index >= 15 is 0 Å². The maximum absolute atomic E-state index is 5.94. The van der Waals surface area contributed by atoms with E-state index in [-0.39, 0.29) is 0 Å². The molecular weight excluding hydrogens is 302 g/mol. The van der Waals surface area contributed by atoms with E-state index in [4.69, 9.17) is 16.3 Å². The summed E-state index contributed by atoms with van der Waals surface area (Å²) in [4.78, 5) is 1.36. The molecule has 1 N–H and O–H groups in total. The van der Waals surface area contributed by atoms with Crippen molar-refractivity contribution in [2.75, 3.05) is 13.7 Å². The van der Waals surface area contributed by atoms with Gasteiger partial charge in [0.05, 0.1) is 11.4 Å². The van der Waals surface area contributed by atoms with Crippen molar-refractivity contribution in [1.29, 1.82) is 0 Å². The van der Waals surface area contributed by atoms with Gasteiger partial charge in [-0.05, 0) is 55.0 Å². The number of thiophene rings is 1. The van der Waals surface area contributed by atoms with Crippen LogP contribution in [0.3, 0.4) is 0 Å². The van der Waals surface area contributed by atoms with Crippen molar-refractivity contribution in [3.63, 3.8) is 0 Å². The van der Waals surface area contributed by atoms with Crippen LogP contribution in [0.2, 0.25) is 4.34 Å². The molecule has 1 aliphatic carbocycles. The second-order valence-corrected chi connectivity index (χ2v) is 7.35. The number of benzene rings is 1. The lowest BCUT2D eigenvalue weighted by Crippen LogP contribution is -2.40. The summed E-state index contributed by atoms with van der Waals surface area (Å²) in [6, 6.07) is 13.2. The average molecular weight is 322 g/mol. The van der Waals surface area contributed by atoms with Crippen LogP contribution in [0.25, 0.3) is 0 Å². The Kier molecular flexibility index (Phi) is 4.84. The fourth-order valence-electron chi connectivity index (χ4n) is 2.82. The molecule has 0 spiro atoms. The van der Waals surface area contributed by atoms with Gasteiger partial charge in [0.2, 0.25) is 0 Å². The maximum Gasteiger partial charge on any atom is 0.118 e. The van der Waals surface area contributed by atoms with Crippen molar-refractivity contribution in [2.24, 2.45) is 0 Å². The Morgan fingerprint density at radius 1 is 1.19 bits per heavy atom. The number of ether oxygens (including phenoxy) is 1. The SMILES string of the molecule is COc1ccc(C2CC(NCCc3ccc(Cl)s3)C2)cc1. The fourth-order valence-corrected chi connectivity index (χ4v) is 3.91. The highest BCUT2D eigenvalue weighted by molar-refractivity contribution is 7.16. The van der Waals surface area contributed by atoms with E-state index in [1.165, 1.54) is 23.3 Å². The summed E-state index contributed by atoms with van der Waals surface area (Å²) in [5, 5.41) is 3.64. The summed E-state index contributed by atoms with van der Waals surface area (Å²) in [5.41, 5.74) is 1.43. The van der Waals surface area contributed by atoms with E-state index in [1.807, 2.05) is 6.07 Å². The molecule has 1 aromatic carbocycles. The third kappa shape index (κ3) is 3.79. The van der Waals surface area contributed by atoms with Crippen molar-refractivity contribution >= 4 is 22.9 Å². The highest BCUT2D eigenvalue weighted by Gasteiger charge is 2.29. The molecule has 0 unspecified atom stereocenters. The standard InChI is InChI=1S/C17H20ClNOS/c1-20-15-4-2-12(3-5-15)13-10-14(11-13)19-9-8-16-6-7-17(18)21-16/h2-7,13-14,19H,8-11H2,1H3. The predicted molar refractivity (Wildman–Crippen MR) is 89.8 cm³/mol. The summed E-state index contributed by atoms with van der Waals surface area (Å²) in [7, 11) is 1.71. The Morgan fingerprint density at radius 3 is 2.57 bits per heavy atom. The Bertz CT molecular complexity index is 575. The summed E-state index contributed by atoms with van der Waals surface area (Å²) in [5.74, 6) is 1.63. The van der Waals surface area contributed by atoms with Crippen LogP contribution in [-0.4, -0.2) is 19.7 Å². The molecule has 1 heterocycles. The zero-order valence-electron chi connectivity index (χ0n) is 12.1. The minimum Gasteiger partial charge on any atom is -0.497 e. The van der Waals surface area contributed by atoms with E-state index in [0.717, 1.165) is 23.1 Å². The van der Waals surface area contributed by atoms with E-state index in [0.29, 0.717) is 12.0 Å². The number of nitrogens with one attached hydrogen (secondary N) is 1. The number of hydrogen-bond acceptors (Lipinski definition) is 3.